The van der Waals surface area contributed by atoms with E-state index in [2.05, 4.69) is 6.58 Å². The smallest absolute Gasteiger partial charge is 0.0716 e. The molecular weight excluding hydrogens is 200 g/mol. The second-order valence-electron chi connectivity index (χ2n) is 3.86. The summed E-state index contributed by atoms with van der Waals surface area (Å²) < 4.78 is 5.51. The van der Waals surface area contributed by atoms with Gasteiger partial charge in [-0.25, -0.2) is 0 Å². The Morgan fingerprint density at radius 1 is 1.31 bits per heavy atom. The molecule has 0 amide bonds. The van der Waals surface area contributed by atoms with Gasteiger partial charge in [0.15, 0.2) is 0 Å². The van der Waals surface area contributed by atoms with Crippen molar-refractivity contribution in [2.75, 3.05) is 6.61 Å². The highest BCUT2D eigenvalue weighted by Gasteiger charge is 2.00. The highest BCUT2D eigenvalue weighted by molar-refractivity contribution is 5.13. The Balaban J connectivity index is 2.02. The van der Waals surface area contributed by atoms with Crippen LogP contribution in [0.1, 0.15) is 24.8 Å². The van der Waals surface area contributed by atoms with Gasteiger partial charge in [-0.2, -0.15) is 0 Å². The summed E-state index contributed by atoms with van der Waals surface area (Å²) in [4.78, 5) is 0. The number of ether oxygens (including phenoxy) is 1. The molecule has 1 aromatic rings. The van der Waals surface area contributed by atoms with Gasteiger partial charge in [0.2, 0.25) is 0 Å². The van der Waals surface area contributed by atoms with Crippen LogP contribution in [0, 0.1) is 0 Å². The molecule has 0 radical (unpaired) electrons. The topological polar surface area (TPSA) is 29.5 Å². The van der Waals surface area contributed by atoms with Gasteiger partial charge in [0.25, 0.3) is 0 Å². The van der Waals surface area contributed by atoms with Crippen LogP contribution in [-0.4, -0.2) is 17.8 Å². The van der Waals surface area contributed by atoms with E-state index in [1.165, 1.54) is 5.56 Å². The van der Waals surface area contributed by atoms with Gasteiger partial charge in [0.05, 0.1) is 12.7 Å². The SMILES string of the molecule is C=CC[C@H](O)CCCOCc1ccccc1. The Kier molecular flexibility index (Phi) is 6.54. The van der Waals surface area contributed by atoms with Crippen LogP contribution in [0.2, 0.25) is 0 Å². The fourth-order valence-corrected chi connectivity index (χ4v) is 1.50. The number of aliphatic hydroxyl groups is 1. The van der Waals surface area contributed by atoms with Crippen molar-refractivity contribution in [2.24, 2.45) is 0 Å². The molecule has 2 nitrogen and oxygen atoms in total. The number of benzene rings is 1. The predicted octanol–water partition coefficient (Wildman–Crippen LogP) is 2.92. The molecule has 0 fully saturated rings. The molecule has 0 saturated carbocycles. The first-order chi connectivity index (χ1) is 7.83. The van der Waals surface area contributed by atoms with Gasteiger partial charge < -0.3 is 9.84 Å². The number of aliphatic hydroxyl groups excluding tert-OH is 1. The van der Waals surface area contributed by atoms with E-state index >= 15 is 0 Å². The van der Waals surface area contributed by atoms with Gasteiger partial charge in [-0.15, -0.1) is 6.58 Å². The molecule has 0 bridgehead atoms. The van der Waals surface area contributed by atoms with Crippen LogP contribution < -0.4 is 0 Å². The van der Waals surface area contributed by atoms with E-state index in [-0.39, 0.29) is 6.10 Å². The Morgan fingerprint density at radius 3 is 2.75 bits per heavy atom. The molecule has 16 heavy (non-hydrogen) atoms. The monoisotopic (exact) mass is 220 g/mol. The third-order valence-corrected chi connectivity index (χ3v) is 2.38. The molecule has 2 heteroatoms. The molecule has 0 aliphatic heterocycles. The Labute approximate surface area is 97.6 Å². The van der Waals surface area contributed by atoms with Crippen molar-refractivity contribution < 1.29 is 9.84 Å². The summed E-state index contributed by atoms with van der Waals surface area (Å²) in [6.07, 6.45) is 3.81. The molecule has 0 heterocycles. The lowest BCUT2D eigenvalue weighted by molar-refractivity contribution is 0.0979. The van der Waals surface area contributed by atoms with Crippen LogP contribution in [-0.2, 0) is 11.3 Å². The van der Waals surface area contributed by atoms with Crippen molar-refractivity contribution in [1.82, 2.24) is 0 Å². The van der Waals surface area contributed by atoms with Crippen molar-refractivity contribution in [3.8, 4) is 0 Å². The van der Waals surface area contributed by atoms with Crippen LogP contribution in [0.3, 0.4) is 0 Å². The zero-order valence-electron chi connectivity index (χ0n) is 9.64. The van der Waals surface area contributed by atoms with Crippen LogP contribution in [0.25, 0.3) is 0 Å². The standard InChI is InChI=1S/C14H20O2/c1-2-7-14(15)10-6-11-16-12-13-8-4-3-5-9-13/h2-5,8-9,14-15H,1,6-7,10-12H2/t14-/m0/s1. The van der Waals surface area contributed by atoms with Crippen molar-refractivity contribution in [1.29, 1.82) is 0 Å². The fraction of sp³-hybridized carbons (Fsp3) is 0.429. The second kappa shape index (κ2) is 8.08. The third kappa shape index (κ3) is 5.69. The summed E-state index contributed by atoms with van der Waals surface area (Å²) in [5, 5.41) is 9.44. The molecule has 0 unspecified atom stereocenters. The minimum atomic E-state index is -0.266. The summed E-state index contributed by atoms with van der Waals surface area (Å²) in [7, 11) is 0. The Hall–Kier alpha value is -1.12. The lowest BCUT2D eigenvalue weighted by Gasteiger charge is -2.08. The summed E-state index contributed by atoms with van der Waals surface area (Å²) in [6, 6.07) is 10.1. The Bertz CT molecular complexity index is 282. The highest BCUT2D eigenvalue weighted by atomic mass is 16.5. The maximum absolute atomic E-state index is 9.44. The van der Waals surface area contributed by atoms with E-state index < -0.39 is 0 Å². The molecule has 0 spiro atoms. The van der Waals surface area contributed by atoms with E-state index in [0.29, 0.717) is 19.6 Å². The van der Waals surface area contributed by atoms with Crippen molar-refractivity contribution in [3.63, 3.8) is 0 Å². The average Bonchev–Trinajstić information content (AvgIpc) is 2.30. The molecular formula is C14H20O2. The van der Waals surface area contributed by atoms with Gasteiger partial charge in [-0.1, -0.05) is 36.4 Å². The summed E-state index contributed by atoms with van der Waals surface area (Å²) >= 11 is 0. The normalized spacial score (nSPS) is 12.3. The average molecular weight is 220 g/mol. The van der Waals surface area contributed by atoms with E-state index in [1.54, 1.807) is 6.08 Å². The van der Waals surface area contributed by atoms with Crippen LogP contribution in [0.4, 0.5) is 0 Å². The fourth-order valence-electron chi connectivity index (χ4n) is 1.50. The Morgan fingerprint density at radius 2 is 2.06 bits per heavy atom. The van der Waals surface area contributed by atoms with Gasteiger partial charge in [0, 0.05) is 6.61 Å². The van der Waals surface area contributed by atoms with E-state index in [9.17, 15) is 5.11 Å². The molecule has 1 aromatic carbocycles. The maximum atomic E-state index is 9.44. The first kappa shape index (κ1) is 12.9. The number of hydrogen-bond acceptors (Lipinski definition) is 2. The third-order valence-electron chi connectivity index (χ3n) is 2.38. The summed E-state index contributed by atoms with van der Waals surface area (Å²) in [5.41, 5.74) is 1.19. The lowest BCUT2D eigenvalue weighted by Crippen LogP contribution is -2.06. The summed E-state index contributed by atoms with van der Waals surface area (Å²) in [5.74, 6) is 0. The van der Waals surface area contributed by atoms with Gasteiger partial charge in [-0.3, -0.25) is 0 Å². The molecule has 1 N–H and O–H groups in total. The minimum Gasteiger partial charge on any atom is -0.393 e. The van der Waals surface area contributed by atoms with Crippen molar-refractivity contribution in [3.05, 3.63) is 48.6 Å². The second-order valence-corrected chi connectivity index (χ2v) is 3.86. The quantitative estimate of drug-likeness (QED) is 0.539. The molecule has 1 rings (SSSR count). The van der Waals surface area contributed by atoms with Crippen LogP contribution in [0.5, 0.6) is 0 Å². The van der Waals surface area contributed by atoms with Crippen LogP contribution in [0.15, 0.2) is 43.0 Å². The summed E-state index contributed by atoms with van der Waals surface area (Å²) in [6.45, 7) is 4.94. The van der Waals surface area contributed by atoms with E-state index in [4.69, 9.17) is 4.74 Å². The zero-order chi connectivity index (χ0) is 11.6. The molecule has 88 valence electrons. The van der Waals surface area contributed by atoms with E-state index in [1.807, 2.05) is 30.3 Å². The molecule has 0 aliphatic carbocycles. The molecule has 0 aliphatic rings. The van der Waals surface area contributed by atoms with Crippen LogP contribution >= 0.6 is 0 Å². The maximum Gasteiger partial charge on any atom is 0.0716 e. The molecule has 1 atom stereocenters. The van der Waals surface area contributed by atoms with Crippen molar-refractivity contribution in [2.45, 2.75) is 32.0 Å². The van der Waals surface area contributed by atoms with E-state index in [0.717, 1.165) is 12.8 Å². The zero-order valence-corrected chi connectivity index (χ0v) is 9.64. The molecule has 0 saturated heterocycles. The van der Waals surface area contributed by atoms with Gasteiger partial charge in [0.1, 0.15) is 0 Å². The predicted molar refractivity (Wildman–Crippen MR) is 66.2 cm³/mol. The first-order valence-electron chi connectivity index (χ1n) is 5.73. The van der Waals surface area contributed by atoms with Crippen molar-refractivity contribution >= 4 is 0 Å². The largest absolute Gasteiger partial charge is 0.393 e. The first-order valence-corrected chi connectivity index (χ1v) is 5.73. The number of rotatable bonds is 8. The highest BCUT2D eigenvalue weighted by Crippen LogP contribution is 2.04. The lowest BCUT2D eigenvalue weighted by atomic mass is 10.1. The van der Waals surface area contributed by atoms with Gasteiger partial charge >= 0.3 is 0 Å². The molecule has 0 aromatic heterocycles. The van der Waals surface area contributed by atoms with Gasteiger partial charge in [-0.05, 0) is 24.8 Å². The number of hydrogen-bond donors (Lipinski definition) is 1. The minimum absolute atomic E-state index is 0.266.